The summed E-state index contributed by atoms with van der Waals surface area (Å²) in [4.78, 5) is 9.32. The molecule has 12 rings (SSSR count). The lowest BCUT2D eigenvalue weighted by molar-refractivity contribution is 0.795. The Morgan fingerprint density at radius 3 is 0.685 bits per heavy atom. The van der Waals surface area contributed by atoms with Crippen molar-refractivity contribution in [1.29, 1.82) is 0 Å². The number of hydrogen-bond donors (Lipinski definition) is 0. The molecule has 12 aromatic rings. The summed E-state index contributed by atoms with van der Waals surface area (Å²) in [5.74, 6) is 0. The molecule has 0 unspecified atom stereocenters. The highest BCUT2D eigenvalue weighted by atomic mass is 15.2. The Bertz CT molecular complexity index is 4080. The van der Waals surface area contributed by atoms with Gasteiger partial charge < -0.3 is 19.6 Å². The number of aryl methyl sites for hydroxylation is 7. The third-order valence-corrected chi connectivity index (χ3v) is 16.6. The average Bonchev–Trinajstić information content (AvgIpc) is 1.65. The molecule has 0 aromatic heterocycles. The molecule has 0 heterocycles. The number of unbranched alkanes of at least 4 members (excludes halogenated alkanes) is 2. The zero-order chi connectivity index (χ0) is 61.5. The lowest BCUT2D eigenvalue weighted by Gasteiger charge is -2.26. The van der Waals surface area contributed by atoms with E-state index in [1.165, 1.54) is 98.3 Å². The van der Waals surface area contributed by atoms with Crippen LogP contribution < -0.4 is 19.6 Å². The van der Waals surface area contributed by atoms with Crippen molar-refractivity contribution < 1.29 is 0 Å². The summed E-state index contributed by atoms with van der Waals surface area (Å²) in [6.45, 7) is 15.2. The molecule has 4 nitrogen and oxygen atoms in total. The Labute approximate surface area is 530 Å². The van der Waals surface area contributed by atoms with Crippen LogP contribution in [0.3, 0.4) is 0 Å². The van der Waals surface area contributed by atoms with Gasteiger partial charge in [0.15, 0.2) is 0 Å². The molecule has 0 aliphatic carbocycles. The van der Waals surface area contributed by atoms with Crippen molar-refractivity contribution >= 4 is 68.2 Å². The van der Waals surface area contributed by atoms with Crippen molar-refractivity contribution in [3.63, 3.8) is 0 Å². The van der Waals surface area contributed by atoms with E-state index in [4.69, 9.17) is 0 Å². The van der Waals surface area contributed by atoms with Crippen molar-refractivity contribution in [2.75, 3.05) is 19.6 Å². The molecule has 4 heteroatoms. The Hall–Kier alpha value is -10.2. The Morgan fingerprint density at radius 2 is 0.427 bits per heavy atom. The van der Waals surface area contributed by atoms with Crippen molar-refractivity contribution in [3.8, 4) is 22.3 Å². The van der Waals surface area contributed by atoms with Gasteiger partial charge in [-0.2, -0.15) is 0 Å². The number of nitrogens with zero attached hydrogens (tertiary/aromatic N) is 4. The monoisotopic (exact) mass is 1160 g/mol. The molecule has 0 fully saturated rings. The normalized spacial score (nSPS) is 10.9. The van der Waals surface area contributed by atoms with Crippen LogP contribution in [-0.4, -0.2) is 0 Å². The van der Waals surface area contributed by atoms with Crippen molar-refractivity contribution in [2.24, 2.45) is 0 Å². The van der Waals surface area contributed by atoms with Crippen LogP contribution in [0, 0.1) is 34.6 Å². The third kappa shape index (κ3) is 15.2. The first-order chi connectivity index (χ1) is 43.6. The summed E-state index contributed by atoms with van der Waals surface area (Å²) < 4.78 is 0. The Balaban J connectivity index is 0.000000184. The fourth-order valence-electron chi connectivity index (χ4n) is 11.5. The molecule has 0 N–H and O–H groups in total. The van der Waals surface area contributed by atoms with Gasteiger partial charge in [-0.3, -0.25) is 0 Å². The zero-order valence-electron chi connectivity index (χ0n) is 52.8. The summed E-state index contributed by atoms with van der Waals surface area (Å²) >= 11 is 0. The van der Waals surface area contributed by atoms with Gasteiger partial charge in [0.1, 0.15) is 0 Å². The van der Waals surface area contributed by atoms with E-state index >= 15 is 0 Å². The van der Waals surface area contributed by atoms with Gasteiger partial charge in [0.2, 0.25) is 0 Å². The van der Waals surface area contributed by atoms with Gasteiger partial charge in [0.25, 0.3) is 0 Å². The smallest absolute Gasteiger partial charge is 0.0464 e. The number of benzene rings is 12. The van der Waals surface area contributed by atoms with E-state index in [9.17, 15) is 0 Å². The molecular weight excluding hydrogens is 1080 g/mol. The minimum Gasteiger partial charge on any atom is -0.311 e. The first-order valence-electron chi connectivity index (χ1n) is 31.8. The van der Waals surface area contributed by atoms with Crippen molar-refractivity contribution in [3.05, 3.63) is 336 Å². The molecule has 0 aliphatic rings. The zero-order valence-corrected chi connectivity index (χ0v) is 52.8. The van der Waals surface area contributed by atoms with Gasteiger partial charge in [-0.25, -0.2) is 0 Å². The lowest BCUT2D eigenvalue weighted by Crippen LogP contribution is -2.10. The topological polar surface area (TPSA) is 13.0 Å². The fourth-order valence-corrected chi connectivity index (χ4v) is 11.5. The number of para-hydroxylation sites is 1. The van der Waals surface area contributed by atoms with Crippen molar-refractivity contribution in [1.82, 2.24) is 0 Å². The summed E-state index contributed by atoms with van der Waals surface area (Å²) in [5, 5.41) is 0. The maximum Gasteiger partial charge on any atom is 0.0464 e. The van der Waals surface area contributed by atoms with Crippen LogP contribution in [0.25, 0.3) is 22.3 Å². The van der Waals surface area contributed by atoms with Crippen LogP contribution in [-0.2, 0) is 12.8 Å². The molecule has 12 aromatic carbocycles. The maximum absolute atomic E-state index is 2.34. The summed E-state index contributed by atoms with van der Waals surface area (Å²) in [5.41, 5.74) is 27.7. The fraction of sp³-hybridized carbons (Fsp3) is 0.153. The molecule has 0 spiro atoms. The predicted molar refractivity (Wildman–Crippen MR) is 383 cm³/mol. The summed E-state index contributed by atoms with van der Waals surface area (Å²) in [6.07, 6.45) is 7.12. The van der Waals surface area contributed by atoms with Gasteiger partial charge in [0, 0.05) is 68.2 Å². The molecule has 0 aliphatic heterocycles. The average molecular weight is 1160 g/mol. The molecule has 0 saturated heterocycles. The molecule has 0 radical (unpaired) electrons. The van der Waals surface area contributed by atoms with Gasteiger partial charge in [-0.05, 0) is 245 Å². The van der Waals surface area contributed by atoms with Crippen LogP contribution in [0.2, 0.25) is 0 Å². The van der Waals surface area contributed by atoms with E-state index in [0.717, 1.165) is 69.7 Å². The standard InChI is InChI=1S/C43H42N2.C42H40N2/c1-5-6-7-35-14-26-41(27-15-35)45(40-24-12-34(4)13-25-40)43-30-18-37(19-31-43)36-16-28-42(29-17-36)44(38-20-8-32(2)9-21-38)39-22-10-33(3)11-23-39;1-4-5-11-34-17-25-39(26-18-34)43(38-23-15-32(2)16-24-38)40-27-19-35(20-28-40)36-21-29-41(30-22-36)44(37-12-7-6-8-13-37)42-14-9-10-33(3)31-42/h8-31H,5-7H2,1-4H3;6-10,12-31H,4-5,11H2,1-3H3. The van der Waals surface area contributed by atoms with Crippen LogP contribution >= 0.6 is 0 Å². The Morgan fingerprint density at radius 1 is 0.202 bits per heavy atom. The molecule has 0 atom stereocenters. The minimum absolute atomic E-state index is 1.13. The Kier molecular flexibility index (Phi) is 19.7. The van der Waals surface area contributed by atoms with E-state index in [2.05, 4.69) is 365 Å². The summed E-state index contributed by atoms with van der Waals surface area (Å²) in [7, 11) is 0. The van der Waals surface area contributed by atoms with Crippen LogP contribution in [0.4, 0.5) is 68.2 Å². The molecule has 442 valence electrons. The van der Waals surface area contributed by atoms with E-state index in [-0.39, 0.29) is 0 Å². The van der Waals surface area contributed by atoms with E-state index < -0.39 is 0 Å². The minimum atomic E-state index is 1.13. The van der Waals surface area contributed by atoms with E-state index in [0.29, 0.717) is 0 Å². The van der Waals surface area contributed by atoms with Crippen LogP contribution in [0.15, 0.2) is 297 Å². The molecule has 0 bridgehead atoms. The molecule has 89 heavy (non-hydrogen) atoms. The molecule has 0 amide bonds. The highest BCUT2D eigenvalue weighted by Crippen LogP contribution is 2.41. The maximum atomic E-state index is 2.34. The lowest BCUT2D eigenvalue weighted by atomic mass is 10.0. The van der Waals surface area contributed by atoms with Gasteiger partial charge in [-0.1, -0.05) is 201 Å². The van der Waals surface area contributed by atoms with Crippen LogP contribution in [0.1, 0.15) is 78.5 Å². The quantitative estimate of drug-likeness (QED) is 0.0754. The number of rotatable bonds is 20. The summed E-state index contributed by atoms with van der Waals surface area (Å²) in [6, 6.07) is 108. The van der Waals surface area contributed by atoms with Gasteiger partial charge in [-0.15, -0.1) is 0 Å². The number of hydrogen-bond acceptors (Lipinski definition) is 4. The largest absolute Gasteiger partial charge is 0.311 e. The second-order valence-electron chi connectivity index (χ2n) is 23.6. The first kappa shape index (κ1) is 60.5. The van der Waals surface area contributed by atoms with E-state index in [1.54, 1.807) is 0 Å². The highest BCUT2D eigenvalue weighted by Gasteiger charge is 2.18. The van der Waals surface area contributed by atoms with Crippen molar-refractivity contribution in [2.45, 2.75) is 87.0 Å². The van der Waals surface area contributed by atoms with Gasteiger partial charge in [0.05, 0.1) is 0 Å². The van der Waals surface area contributed by atoms with Crippen LogP contribution in [0.5, 0.6) is 0 Å². The number of anilines is 12. The highest BCUT2D eigenvalue weighted by molar-refractivity contribution is 5.83. The second-order valence-corrected chi connectivity index (χ2v) is 23.6. The third-order valence-electron chi connectivity index (χ3n) is 16.6. The predicted octanol–water partition coefficient (Wildman–Crippen LogP) is 24.8. The molecular formula is C85H82N4. The van der Waals surface area contributed by atoms with Gasteiger partial charge >= 0.3 is 0 Å². The van der Waals surface area contributed by atoms with E-state index in [1.807, 2.05) is 0 Å². The second kappa shape index (κ2) is 29.0. The first-order valence-corrected chi connectivity index (χ1v) is 31.8. The SMILES string of the molecule is CCCCc1ccc(N(c2ccc(C)cc2)c2ccc(-c3ccc(N(c4ccc(C)cc4)c4ccc(C)cc4)cc3)cc2)cc1.CCCCc1ccc(N(c2ccc(C)cc2)c2ccc(-c3ccc(N(c4ccccc4)c4cccc(C)c4)cc3)cc2)cc1. The molecule has 0 saturated carbocycles.